The van der Waals surface area contributed by atoms with Crippen molar-refractivity contribution >= 4 is 12.6 Å². The molecule has 1 rings (SSSR count). The van der Waals surface area contributed by atoms with Crippen LogP contribution in [0.5, 0.6) is 0 Å². The van der Waals surface area contributed by atoms with Crippen LogP contribution in [0.15, 0.2) is 0 Å². The molecule has 0 aromatic rings. The molecule has 1 unspecified atom stereocenters. The molecule has 0 heterocycles. The minimum absolute atomic E-state index is 0.0590. The lowest BCUT2D eigenvalue weighted by atomic mass is 9.80. The van der Waals surface area contributed by atoms with Crippen molar-refractivity contribution < 1.29 is 5.11 Å². The van der Waals surface area contributed by atoms with Gasteiger partial charge < -0.3 is 5.11 Å². The molecule has 1 atom stereocenters. The first kappa shape index (κ1) is 7.42. The van der Waals surface area contributed by atoms with Crippen molar-refractivity contribution in [2.24, 2.45) is 5.92 Å². The average molecular weight is 146 g/mol. The van der Waals surface area contributed by atoms with Crippen molar-refractivity contribution in [3.05, 3.63) is 0 Å². The van der Waals surface area contributed by atoms with Gasteiger partial charge in [-0.3, -0.25) is 0 Å². The summed E-state index contributed by atoms with van der Waals surface area (Å²) >= 11 is 4.06. The largest absolute Gasteiger partial charge is 0.393 e. The van der Waals surface area contributed by atoms with Gasteiger partial charge in [0.2, 0.25) is 0 Å². The Hall–Kier alpha value is 0.310. The first-order valence-electron chi connectivity index (χ1n) is 3.63. The molecule has 9 heavy (non-hydrogen) atoms. The Morgan fingerprint density at radius 2 is 2.22 bits per heavy atom. The topological polar surface area (TPSA) is 20.2 Å². The normalized spacial score (nSPS) is 23.3. The Morgan fingerprint density at radius 3 is 2.56 bits per heavy atom. The molecule has 0 spiro atoms. The molecular weight excluding hydrogens is 132 g/mol. The highest BCUT2D eigenvalue weighted by Crippen LogP contribution is 2.30. The Balaban J connectivity index is 2.08. The molecule has 0 saturated heterocycles. The van der Waals surface area contributed by atoms with Gasteiger partial charge in [-0.15, -0.1) is 0 Å². The van der Waals surface area contributed by atoms with Gasteiger partial charge in [0.05, 0.1) is 6.10 Å². The van der Waals surface area contributed by atoms with Gasteiger partial charge in [0.1, 0.15) is 0 Å². The van der Waals surface area contributed by atoms with Crippen molar-refractivity contribution in [2.75, 3.05) is 5.75 Å². The van der Waals surface area contributed by atoms with E-state index < -0.39 is 0 Å². The molecule has 1 saturated carbocycles. The lowest BCUT2D eigenvalue weighted by Gasteiger charge is -2.29. The third-order valence-corrected chi connectivity index (χ3v) is 2.38. The van der Waals surface area contributed by atoms with Crippen LogP contribution in [0.4, 0.5) is 0 Å². The van der Waals surface area contributed by atoms with E-state index in [9.17, 15) is 5.11 Å². The summed E-state index contributed by atoms with van der Waals surface area (Å²) in [5, 5.41) is 9.32. The molecule has 54 valence electrons. The number of hydrogen-bond acceptors (Lipinski definition) is 2. The summed E-state index contributed by atoms with van der Waals surface area (Å²) in [6, 6.07) is 0. The molecule has 1 aliphatic rings. The molecule has 1 N–H and O–H groups in total. The van der Waals surface area contributed by atoms with E-state index in [1.54, 1.807) is 0 Å². The predicted molar refractivity (Wildman–Crippen MR) is 41.8 cm³/mol. The molecule has 0 bridgehead atoms. The van der Waals surface area contributed by atoms with Crippen LogP contribution in [-0.2, 0) is 0 Å². The van der Waals surface area contributed by atoms with Crippen LogP contribution < -0.4 is 0 Å². The highest BCUT2D eigenvalue weighted by Gasteiger charge is 2.24. The van der Waals surface area contributed by atoms with Gasteiger partial charge in [0.25, 0.3) is 0 Å². The van der Waals surface area contributed by atoms with Gasteiger partial charge in [0.15, 0.2) is 0 Å². The fourth-order valence-electron chi connectivity index (χ4n) is 1.19. The average Bonchev–Trinajstić information content (AvgIpc) is 1.60. The summed E-state index contributed by atoms with van der Waals surface area (Å²) in [6.45, 7) is 0. The minimum atomic E-state index is -0.0590. The quantitative estimate of drug-likeness (QED) is 0.578. The molecule has 1 fully saturated rings. The number of rotatable bonds is 3. The second-order valence-corrected chi connectivity index (χ2v) is 3.22. The van der Waals surface area contributed by atoms with Gasteiger partial charge in [-0.05, 0) is 30.9 Å². The highest BCUT2D eigenvalue weighted by atomic mass is 32.1. The Morgan fingerprint density at radius 1 is 1.56 bits per heavy atom. The van der Waals surface area contributed by atoms with Gasteiger partial charge in [0, 0.05) is 0 Å². The Bertz CT molecular complexity index is 81.0. The lowest BCUT2D eigenvalue weighted by Crippen LogP contribution is -2.26. The summed E-state index contributed by atoms with van der Waals surface area (Å²) < 4.78 is 0. The zero-order valence-electron chi connectivity index (χ0n) is 5.58. The monoisotopic (exact) mass is 146 g/mol. The molecule has 0 aliphatic heterocycles. The van der Waals surface area contributed by atoms with Crippen molar-refractivity contribution in [3.8, 4) is 0 Å². The zero-order chi connectivity index (χ0) is 6.69. The highest BCUT2D eigenvalue weighted by molar-refractivity contribution is 7.80. The van der Waals surface area contributed by atoms with Crippen LogP contribution >= 0.6 is 12.6 Å². The number of aliphatic hydroxyl groups is 1. The summed E-state index contributed by atoms with van der Waals surface area (Å²) in [5.41, 5.74) is 0. The second kappa shape index (κ2) is 3.47. The maximum Gasteiger partial charge on any atom is 0.0576 e. The summed E-state index contributed by atoms with van der Waals surface area (Å²) in [6.07, 6.45) is 4.59. The van der Waals surface area contributed by atoms with E-state index in [0.717, 1.165) is 12.2 Å². The van der Waals surface area contributed by atoms with Crippen LogP contribution in [0, 0.1) is 5.92 Å². The lowest BCUT2D eigenvalue weighted by molar-refractivity contribution is 0.0607. The van der Waals surface area contributed by atoms with Crippen LogP contribution in [0.2, 0.25) is 0 Å². The SMILES string of the molecule is OC(CCS)C1CCC1. The molecule has 0 amide bonds. The predicted octanol–water partition coefficient (Wildman–Crippen LogP) is 1.47. The molecule has 2 heteroatoms. The van der Waals surface area contributed by atoms with Crippen LogP contribution in [-0.4, -0.2) is 17.0 Å². The van der Waals surface area contributed by atoms with E-state index in [2.05, 4.69) is 12.6 Å². The standard InChI is InChI=1S/C7H14OS/c8-7(4-5-9)6-2-1-3-6/h6-9H,1-5H2. The molecule has 0 radical (unpaired) electrons. The van der Waals surface area contributed by atoms with E-state index in [1.165, 1.54) is 19.3 Å². The first-order chi connectivity index (χ1) is 4.34. The molecule has 1 aliphatic carbocycles. The summed E-state index contributed by atoms with van der Waals surface area (Å²) in [7, 11) is 0. The van der Waals surface area contributed by atoms with E-state index in [4.69, 9.17) is 0 Å². The van der Waals surface area contributed by atoms with Crippen molar-refractivity contribution in [1.82, 2.24) is 0 Å². The maximum absolute atomic E-state index is 9.32. The van der Waals surface area contributed by atoms with E-state index in [1.807, 2.05) is 0 Å². The van der Waals surface area contributed by atoms with Crippen LogP contribution in [0.1, 0.15) is 25.7 Å². The van der Waals surface area contributed by atoms with Crippen LogP contribution in [0.3, 0.4) is 0 Å². The smallest absolute Gasteiger partial charge is 0.0576 e. The minimum Gasteiger partial charge on any atom is -0.393 e. The number of hydrogen-bond donors (Lipinski definition) is 2. The van der Waals surface area contributed by atoms with Gasteiger partial charge in [-0.1, -0.05) is 6.42 Å². The fraction of sp³-hybridized carbons (Fsp3) is 1.00. The van der Waals surface area contributed by atoms with Gasteiger partial charge >= 0.3 is 0 Å². The molecule has 0 aromatic carbocycles. The Kier molecular flexibility index (Phi) is 2.86. The van der Waals surface area contributed by atoms with Crippen molar-refractivity contribution in [3.63, 3.8) is 0 Å². The van der Waals surface area contributed by atoms with Gasteiger partial charge in [-0.2, -0.15) is 12.6 Å². The molecule has 1 nitrogen and oxygen atoms in total. The maximum atomic E-state index is 9.32. The van der Waals surface area contributed by atoms with Gasteiger partial charge in [-0.25, -0.2) is 0 Å². The Labute approximate surface area is 61.9 Å². The van der Waals surface area contributed by atoms with Crippen molar-refractivity contribution in [2.45, 2.75) is 31.8 Å². The number of thiol groups is 1. The van der Waals surface area contributed by atoms with E-state index >= 15 is 0 Å². The fourth-order valence-corrected chi connectivity index (χ4v) is 1.46. The van der Waals surface area contributed by atoms with E-state index in [0.29, 0.717) is 5.92 Å². The molecular formula is C7H14OS. The van der Waals surface area contributed by atoms with Crippen molar-refractivity contribution in [1.29, 1.82) is 0 Å². The second-order valence-electron chi connectivity index (χ2n) is 2.77. The molecule has 0 aromatic heterocycles. The van der Waals surface area contributed by atoms with E-state index in [-0.39, 0.29) is 6.10 Å². The van der Waals surface area contributed by atoms with Crippen LogP contribution in [0.25, 0.3) is 0 Å². The third-order valence-electron chi connectivity index (χ3n) is 2.12. The first-order valence-corrected chi connectivity index (χ1v) is 4.26. The number of aliphatic hydroxyl groups excluding tert-OH is 1. The summed E-state index contributed by atoms with van der Waals surface area (Å²) in [4.78, 5) is 0. The summed E-state index contributed by atoms with van der Waals surface area (Å²) in [5.74, 6) is 1.43. The zero-order valence-corrected chi connectivity index (χ0v) is 6.48. The third kappa shape index (κ3) is 1.87.